The minimum atomic E-state index is 0.0648. The van der Waals surface area contributed by atoms with Crippen LogP contribution in [0.4, 0.5) is 0 Å². The van der Waals surface area contributed by atoms with Crippen molar-refractivity contribution in [3.63, 3.8) is 0 Å². The average molecular weight is 460 g/mol. The van der Waals surface area contributed by atoms with Crippen molar-refractivity contribution in [1.82, 2.24) is 5.32 Å². The first-order valence-corrected chi connectivity index (χ1v) is 12.6. The van der Waals surface area contributed by atoms with Crippen LogP contribution in [0.5, 0.6) is 0 Å². The van der Waals surface area contributed by atoms with Crippen molar-refractivity contribution < 1.29 is 9.52 Å². The van der Waals surface area contributed by atoms with Crippen LogP contribution in [0.1, 0.15) is 28.2 Å². The van der Waals surface area contributed by atoms with Gasteiger partial charge < -0.3 is 14.8 Å². The number of furan rings is 1. The van der Waals surface area contributed by atoms with Crippen LogP contribution < -0.4 is 5.32 Å². The molecule has 2 N–H and O–H groups in total. The van der Waals surface area contributed by atoms with E-state index in [-0.39, 0.29) is 12.6 Å². The maximum absolute atomic E-state index is 9.92. The molecule has 2 aromatic carbocycles. The maximum Gasteiger partial charge on any atom is 0.134 e. The van der Waals surface area contributed by atoms with Crippen LogP contribution in [-0.2, 0) is 19.3 Å². The van der Waals surface area contributed by atoms with E-state index in [2.05, 4.69) is 90.4 Å². The molecule has 0 radical (unpaired) electrons. The molecular formula is C29H33NO2S. The van der Waals surface area contributed by atoms with Crippen molar-refractivity contribution >= 4 is 11.3 Å². The summed E-state index contributed by atoms with van der Waals surface area (Å²) >= 11 is 1.82. The number of thiophene rings is 1. The lowest BCUT2D eigenvalue weighted by Crippen LogP contribution is -2.38. The number of hydrogen-bond acceptors (Lipinski definition) is 4. The van der Waals surface area contributed by atoms with Crippen molar-refractivity contribution in [1.29, 1.82) is 0 Å². The van der Waals surface area contributed by atoms with E-state index < -0.39 is 0 Å². The molecule has 0 saturated heterocycles. The Kier molecular flexibility index (Phi) is 8.53. The van der Waals surface area contributed by atoms with Crippen LogP contribution in [0.15, 0.2) is 88.7 Å². The van der Waals surface area contributed by atoms with Crippen molar-refractivity contribution in [2.75, 3.05) is 13.2 Å². The fourth-order valence-electron chi connectivity index (χ4n) is 4.15. The molecule has 2 atom stereocenters. The van der Waals surface area contributed by atoms with Gasteiger partial charge in [0, 0.05) is 22.9 Å². The minimum Gasteiger partial charge on any atom is -0.461 e. The highest BCUT2D eigenvalue weighted by Crippen LogP contribution is 2.25. The van der Waals surface area contributed by atoms with Crippen LogP contribution in [0.25, 0.3) is 11.3 Å². The fourth-order valence-corrected chi connectivity index (χ4v) is 4.98. The smallest absolute Gasteiger partial charge is 0.134 e. The standard InChI is InChI=1S/C29H33NO2S/c1-22-9-12-25(13-10-22)29-16-15-27(32-29)14-11-24(19-28-8-5-17-33-28)20-30-26(21-31)18-23-6-3-2-4-7-23/h2-10,12-13,15-17,24,26,30-31H,11,14,18-21H2,1H3. The zero-order valence-corrected chi connectivity index (χ0v) is 20.1. The number of hydrogen-bond donors (Lipinski definition) is 2. The van der Waals surface area contributed by atoms with Gasteiger partial charge in [-0.1, -0.05) is 66.2 Å². The van der Waals surface area contributed by atoms with Gasteiger partial charge in [-0.05, 0) is 67.8 Å². The molecule has 2 aromatic heterocycles. The second-order valence-electron chi connectivity index (χ2n) is 8.80. The quantitative estimate of drug-likeness (QED) is 0.261. The van der Waals surface area contributed by atoms with Gasteiger partial charge in [0.25, 0.3) is 0 Å². The van der Waals surface area contributed by atoms with E-state index in [0.29, 0.717) is 5.92 Å². The second kappa shape index (κ2) is 12.0. The Labute approximate surface area is 201 Å². The summed E-state index contributed by atoms with van der Waals surface area (Å²) in [4.78, 5) is 1.41. The van der Waals surface area contributed by atoms with E-state index in [1.54, 1.807) is 0 Å². The summed E-state index contributed by atoms with van der Waals surface area (Å²) in [5.41, 5.74) is 3.62. The van der Waals surface area contributed by atoms with Crippen LogP contribution >= 0.6 is 11.3 Å². The van der Waals surface area contributed by atoms with Crippen LogP contribution in [0, 0.1) is 12.8 Å². The van der Waals surface area contributed by atoms with Gasteiger partial charge in [-0.15, -0.1) is 11.3 Å². The third-order valence-corrected chi connectivity index (χ3v) is 7.01. The van der Waals surface area contributed by atoms with Gasteiger partial charge in [0.15, 0.2) is 0 Å². The Morgan fingerprint density at radius 2 is 1.73 bits per heavy atom. The first kappa shape index (κ1) is 23.5. The molecule has 4 aromatic rings. The molecule has 172 valence electrons. The zero-order chi connectivity index (χ0) is 22.9. The molecule has 0 amide bonds. The topological polar surface area (TPSA) is 45.4 Å². The Hall–Kier alpha value is -2.66. The number of benzene rings is 2. The van der Waals surface area contributed by atoms with E-state index in [9.17, 15) is 5.11 Å². The molecule has 3 nitrogen and oxygen atoms in total. The van der Waals surface area contributed by atoms with Crippen molar-refractivity contribution in [2.45, 2.75) is 38.6 Å². The lowest BCUT2D eigenvalue weighted by Gasteiger charge is -2.22. The first-order chi connectivity index (χ1) is 16.2. The van der Waals surface area contributed by atoms with Crippen LogP contribution in [0.2, 0.25) is 0 Å². The Morgan fingerprint density at radius 3 is 2.45 bits per heavy atom. The molecule has 0 bridgehead atoms. The summed E-state index contributed by atoms with van der Waals surface area (Å²) in [6, 6.07) is 27.4. The lowest BCUT2D eigenvalue weighted by molar-refractivity contribution is 0.234. The summed E-state index contributed by atoms with van der Waals surface area (Å²) in [5.74, 6) is 2.44. The lowest BCUT2D eigenvalue weighted by atomic mass is 9.96. The predicted molar refractivity (Wildman–Crippen MR) is 138 cm³/mol. The van der Waals surface area contributed by atoms with Crippen molar-refractivity contribution in [3.05, 3.63) is 106 Å². The average Bonchev–Trinajstić information content (AvgIpc) is 3.53. The summed E-state index contributed by atoms with van der Waals surface area (Å²) in [5, 5.41) is 15.7. The Morgan fingerprint density at radius 1 is 0.909 bits per heavy atom. The highest BCUT2D eigenvalue weighted by Gasteiger charge is 2.16. The number of rotatable bonds is 12. The number of aryl methyl sites for hydroxylation is 2. The van der Waals surface area contributed by atoms with Gasteiger partial charge in [-0.25, -0.2) is 0 Å². The zero-order valence-electron chi connectivity index (χ0n) is 19.2. The van der Waals surface area contributed by atoms with Gasteiger partial charge in [-0.2, -0.15) is 0 Å². The van der Waals surface area contributed by atoms with Gasteiger partial charge in [-0.3, -0.25) is 0 Å². The van der Waals surface area contributed by atoms with Crippen LogP contribution in [-0.4, -0.2) is 24.3 Å². The third kappa shape index (κ3) is 7.16. The van der Waals surface area contributed by atoms with Gasteiger partial charge in [0.1, 0.15) is 11.5 Å². The summed E-state index contributed by atoms with van der Waals surface area (Å²) in [7, 11) is 0. The molecule has 0 aliphatic heterocycles. The van der Waals surface area contributed by atoms with E-state index in [4.69, 9.17) is 4.42 Å². The highest BCUT2D eigenvalue weighted by molar-refractivity contribution is 7.09. The van der Waals surface area contributed by atoms with E-state index in [0.717, 1.165) is 49.3 Å². The first-order valence-electron chi connectivity index (χ1n) is 11.8. The third-order valence-electron chi connectivity index (χ3n) is 6.11. The highest BCUT2D eigenvalue weighted by atomic mass is 32.1. The van der Waals surface area contributed by atoms with Gasteiger partial charge in [0.05, 0.1) is 6.61 Å². The minimum absolute atomic E-state index is 0.0648. The summed E-state index contributed by atoms with van der Waals surface area (Å²) in [6.45, 7) is 3.11. The molecule has 0 fully saturated rings. The molecule has 2 unspecified atom stereocenters. The van der Waals surface area contributed by atoms with E-state index in [1.165, 1.54) is 16.0 Å². The Bertz CT molecular complexity index is 1070. The molecule has 0 spiro atoms. The summed E-state index contributed by atoms with van der Waals surface area (Å²) in [6.07, 6.45) is 3.82. The van der Waals surface area contributed by atoms with Gasteiger partial charge >= 0.3 is 0 Å². The maximum atomic E-state index is 9.92. The molecule has 0 aliphatic carbocycles. The largest absolute Gasteiger partial charge is 0.461 e. The molecule has 33 heavy (non-hydrogen) atoms. The SMILES string of the molecule is Cc1ccc(-c2ccc(CCC(CNC(CO)Cc3ccccc3)Cc3cccs3)o2)cc1. The fraction of sp³-hybridized carbons (Fsp3) is 0.310. The molecule has 0 saturated carbocycles. The van der Waals surface area contributed by atoms with Crippen molar-refractivity contribution in [2.24, 2.45) is 5.92 Å². The van der Waals surface area contributed by atoms with Crippen LogP contribution in [0.3, 0.4) is 0 Å². The van der Waals surface area contributed by atoms with Gasteiger partial charge in [0.2, 0.25) is 0 Å². The molecule has 4 rings (SSSR count). The molecular weight excluding hydrogens is 426 g/mol. The van der Waals surface area contributed by atoms with E-state index in [1.807, 2.05) is 17.4 Å². The second-order valence-corrected chi connectivity index (χ2v) is 9.83. The summed E-state index contributed by atoms with van der Waals surface area (Å²) < 4.78 is 6.16. The molecule has 2 heterocycles. The molecule has 4 heteroatoms. The number of aliphatic hydroxyl groups is 1. The van der Waals surface area contributed by atoms with E-state index >= 15 is 0 Å². The normalized spacial score (nSPS) is 13.2. The monoisotopic (exact) mass is 459 g/mol. The molecule has 0 aliphatic rings. The number of aliphatic hydroxyl groups excluding tert-OH is 1. The Balaban J connectivity index is 1.36. The van der Waals surface area contributed by atoms with Crippen molar-refractivity contribution in [3.8, 4) is 11.3 Å². The predicted octanol–water partition coefficient (Wildman–Crippen LogP) is 6.30. The number of nitrogens with one attached hydrogen (secondary N) is 1.